The van der Waals surface area contributed by atoms with Gasteiger partial charge in [0.2, 0.25) is 5.91 Å². The topological polar surface area (TPSA) is 95.3 Å². The average Bonchev–Trinajstić information content (AvgIpc) is 3.54. The summed E-state index contributed by atoms with van der Waals surface area (Å²) < 4.78 is 0. The molecule has 6 nitrogen and oxygen atoms in total. The molecule has 4 aliphatic carbocycles. The monoisotopic (exact) mass is 551 g/mol. The molecule has 2 aromatic rings. The quantitative estimate of drug-likeness (QED) is 0.378. The summed E-state index contributed by atoms with van der Waals surface area (Å²) in [5.74, 6) is 3.28. The van der Waals surface area contributed by atoms with Crippen molar-refractivity contribution in [3.05, 3.63) is 29.9 Å². The van der Waals surface area contributed by atoms with Crippen molar-refractivity contribution in [2.75, 3.05) is 5.32 Å². The molecule has 1 amide bonds. The zero-order valence-corrected chi connectivity index (χ0v) is 24.5. The van der Waals surface area contributed by atoms with Gasteiger partial charge in [-0.25, -0.2) is 4.98 Å². The van der Waals surface area contributed by atoms with E-state index in [1.54, 1.807) is 12.4 Å². The Bertz CT molecular complexity index is 1170. The normalized spacial score (nSPS) is 40.3. The molecule has 212 valence electrons. The fourth-order valence-corrected chi connectivity index (χ4v) is 10.6. The summed E-state index contributed by atoms with van der Waals surface area (Å²) in [6.07, 6.45) is 13.1. The lowest BCUT2D eigenvalue weighted by Crippen LogP contribution is -2.58. The molecule has 4 fully saturated rings. The molecule has 0 saturated heterocycles. The highest BCUT2D eigenvalue weighted by molar-refractivity contribution is 7.14. The lowest BCUT2D eigenvalue weighted by Gasteiger charge is -2.62. The number of fused-ring (bicyclic) bond motifs is 5. The number of aromatic nitrogens is 2. The molecule has 4 aliphatic rings. The second-order valence-corrected chi connectivity index (χ2v) is 14.6. The van der Waals surface area contributed by atoms with Crippen molar-refractivity contribution in [1.29, 1.82) is 0 Å². The van der Waals surface area contributed by atoms with Crippen molar-refractivity contribution in [3.63, 3.8) is 0 Å². The average molecular weight is 552 g/mol. The number of nitrogens with zero attached hydrogens (tertiary/aromatic N) is 2. The van der Waals surface area contributed by atoms with Gasteiger partial charge in [-0.1, -0.05) is 20.8 Å². The third-order valence-electron chi connectivity index (χ3n) is 12.0. The fraction of sp³-hybridized carbons (Fsp3) is 0.719. The zero-order chi connectivity index (χ0) is 27.4. The van der Waals surface area contributed by atoms with Gasteiger partial charge in [0.25, 0.3) is 0 Å². The highest BCUT2D eigenvalue weighted by atomic mass is 32.1. The summed E-state index contributed by atoms with van der Waals surface area (Å²) in [6, 6.07) is 3.86. The first-order chi connectivity index (χ1) is 18.7. The first-order valence-corrected chi connectivity index (χ1v) is 16.1. The lowest BCUT2D eigenvalue weighted by molar-refractivity contribution is -0.174. The van der Waals surface area contributed by atoms with E-state index in [0.717, 1.165) is 49.8 Å². The maximum atomic E-state index is 12.9. The Hall–Kier alpha value is -1.83. The molecule has 6 rings (SSSR count). The molecule has 0 unspecified atom stereocenters. The first kappa shape index (κ1) is 27.3. The van der Waals surface area contributed by atoms with Crippen molar-refractivity contribution in [3.8, 4) is 11.3 Å². The maximum Gasteiger partial charge on any atom is 0.226 e. The number of carbonyl (C=O) groups is 1. The van der Waals surface area contributed by atoms with E-state index in [0.29, 0.717) is 47.1 Å². The number of hydrogen-bond donors (Lipinski definition) is 3. The van der Waals surface area contributed by atoms with E-state index in [2.05, 4.69) is 36.1 Å². The number of amides is 1. The van der Waals surface area contributed by atoms with Crippen LogP contribution in [0, 0.1) is 46.3 Å². The van der Waals surface area contributed by atoms with Gasteiger partial charge in [0.1, 0.15) is 0 Å². The second kappa shape index (κ2) is 10.5. The van der Waals surface area contributed by atoms with Crippen LogP contribution in [0.25, 0.3) is 11.3 Å². The summed E-state index contributed by atoms with van der Waals surface area (Å²) in [6.45, 7) is 7.15. The number of thiazole rings is 1. The van der Waals surface area contributed by atoms with Crippen LogP contribution in [0.15, 0.2) is 29.9 Å². The molecule has 39 heavy (non-hydrogen) atoms. The van der Waals surface area contributed by atoms with E-state index in [-0.39, 0.29) is 28.9 Å². The van der Waals surface area contributed by atoms with Crippen LogP contribution in [0.3, 0.4) is 0 Å². The largest absolute Gasteiger partial charge is 0.393 e. The number of rotatable bonds is 6. The van der Waals surface area contributed by atoms with Gasteiger partial charge >= 0.3 is 0 Å². The predicted molar refractivity (Wildman–Crippen MR) is 155 cm³/mol. The van der Waals surface area contributed by atoms with Crippen LogP contribution in [-0.4, -0.2) is 38.3 Å². The van der Waals surface area contributed by atoms with Crippen LogP contribution in [0.1, 0.15) is 85.0 Å². The van der Waals surface area contributed by atoms with E-state index < -0.39 is 0 Å². The Labute approximate surface area is 237 Å². The van der Waals surface area contributed by atoms with Gasteiger partial charge in [-0.15, -0.1) is 11.3 Å². The van der Waals surface area contributed by atoms with Gasteiger partial charge in [0.15, 0.2) is 5.13 Å². The fourth-order valence-electron chi connectivity index (χ4n) is 9.88. The molecule has 0 aliphatic heterocycles. The number of anilines is 1. The lowest BCUT2D eigenvalue weighted by atomic mass is 9.43. The van der Waals surface area contributed by atoms with Gasteiger partial charge in [-0.3, -0.25) is 9.78 Å². The summed E-state index contributed by atoms with van der Waals surface area (Å²) in [5.41, 5.74) is 1.98. The first-order valence-electron chi connectivity index (χ1n) is 15.2. The third kappa shape index (κ3) is 4.76. The van der Waals surface area contributed by atoms with Crippen molar-refractivity contribution < 1.29 is 15.0 Å². The Balaban J connectivity index is 1.08. The molecule has 2 heterocycles. The molecular weight excluding hydrogens is 506 g/mol. The van der Waals surface area contributed by atoms with Gasteiger partial charge in [-0.2, -0.15) is 0 Å². The van der Waals surface area contributed by atoms with Crippen LogP contribution < -0.4 is 5.32 Å². The van der Waals surface area contributed by atoms with Gasteiger partial charge in [-0.05, 0) is 116 Å². The second-order valence-electron chi connectivity index (χ2n) is 13.7. The predicted octanol–water partition coefficient (Wildman–Crippen LogP) is 6.55. The molecule has 0 aromatic carbocycles. The van der Waals surface area contributed by atoms with Crippen molar-refractivity contribution in [2.24, 2.45) is 46.3 Å². The number of nitrogens with one attached hydrogen (secondary N) is 1. The summed E-state index contributed by atoms with van der Waals surface area (Å²) in [5, 5.41) is 27.7. The van der Waals surface area contributed by atoms with Crippen LogP contribution in [0.5, 0.6) is 0 Å². The molecule has 4 saturated carbocycles. The molecule has 0 spiro atoms. The minimum Gasteiger partial charge on any atom is -0.393 e. The zero-order valence-electron chi connectivity index (χ0n) is 23.7. The summed E-state index contributed by atoms with van der Waals surface area (Å²) in [4.78, 5) is 21.6. The van der Waals surface area contributed by atoms with Gasteiger partial charge < -0.3 is 15.5 Å². The Morgan fingerprint density at radius 1 is 1.15 bits per heavy atom. The molecule has 7 heteroatoms. The van der Waals surface area contributed by atoms with E-state index in [1.807, 2.05) is 17.5 Å². The molecule has 2 aromatic heterocycles. The highest BCUT2D eigenvalue weighted by Crippen LogP contribution is 2.68. The Morgan fingerprint density at radius 2 is 2.00 bits per heavy atom. The van der Waals surface area contributed by atoms with Crippen LogP contribution >= 0.6 is 11.3 Å². The number of hydrogen-bond acceptors (Lipinski definition) is 6. The standard InChI is InChI=1S/C32H45N3O3S/c1-19(6-11-29(38)35-30-34-27(18-39-30)20-5-4-14-33-17-20)24-9-10-25-23-8-7-21-15-22(36)12-13-31(21,2)26(23)16-28(37)32(24,25)3/h4-5,14,17-19,21-26,28,36-37H,6-13,15-16H2,1-3H3,(H,34,35,38)/t19-,21+,22-,23+,24+,25-,26-,28+,31+,32-/m1/s1. The van der Waals surface area contributed by atoms with Crippen LogP contribution in [0.4, 0.5) is 5.13 Å². The van der Waals surface area contributed by atoms with E-state index in [1.165, 1.54) is 30.6 Å². The smallest absolute Gasteiger partial charge is 0.226 e. The molecule has 10 atom stereocenters. The van der Waals surface area contributed by atoms with Crippen LogP contribution in [-0.2, 0) is 4.79 Å². The number of pyridine rings is 1. The van der Waals surface area contributed by atoms with E-state index in [4.69, 9.17) is 0 Å². The maximum absolute atomic E-state index is 12.9. The number of aliphatic hydroxyl groups excluding tert-OH is 2. The number of carbonyl (C=O) groups excluding carboxylic acids is 1. The number of aliphatic hydroxyl groups is 2. The minimum atomic E-state index is -0.281. The van der Waals surface area contributed by atoms with Gasteiger partial charge in [0.05, 0.1) is 17.9 Å². The SMILES string of the molecule is C[C@H](CCC(=O)Nc1nc(-c2cccnc2)cs1)[C@@H]1CC[C@@H]2[C@@H]3CC[C@H]4C[C@H](O)CC[C@]4(C)[C@@H]3C[C@H](O)[C@@]21C. The van der Waals surface area contributed by atoms with Crippen molar-refractivity contribution in [1.82, 2.24) is 9.97 Å². The van der Waals surface area contributed by atoms with Crippen LogP contribution in [0.2, 0.25) is 0 Å². The van der Waals surface area contributed by atoms with Crippen molar-refractivity contribution >= 4 is 22.4 Å². The molecule has 3 N–H and O–H groups in total. The summed E-state index contributed by atoms with van der Waals surface area (Å²) in [7, 11) is 0. The Morgan fingerprint density at radius 3 is 2.79 bits per heavy atom. The molecule has 0 radical (unpaired) electrons. The van der Waals surface area contributed by atoms with E-state index in [9.17, 15) is 15.0 Å². The van der Waals surface area contributed by atoms with Gasteiger partial charge in [0, 0.05) is 29.8 Å². The Kier molecular flexibility index (Phi) is 7.39. The summed E-state index contributed by atoms with van der Waals surface area (Å²) >= 11 is 1.45. The minimum absolute atomic E-state index is 0.0172. The molecular formula is C32H45N3O3S. The van der Waals surface area contributed by atoms with E-state index >= 15 is 0 Å². The third-order valence-corrected chi connectivity index (χ3v) is 12.8. The van der Waals surface area contributed by atoms with Crippen molar-refractivity contribution in [2.45, 2.75) is 97.2 Å². The highest BCUT2D eigenvalue weighted by Gasteiger charge is 2.63. The molecule has 0 bridgehead atoms.